The number of anilines is 2. The average molecular weight is 549 g/mol. The van der Waals surface area contributed by atoms with Gasteiger partial charge in [0.15, 0.2) is 0 Å². The molecule has 0 bridgehead atoms. The minimum atomic E-state index is -0.776. The Balaban J connectivity index is 1.45. The monoisotopic (exact) mass is 548 g/mol. The Morgan fingerprint density at radius 2 is 1.87 bits per heavy atom. The highest BCUT2D eigenvalue weighted by Gasteiger charge is 2.29. The number of carbonyl (C=O) groups is 1. The quantitative estimate of drug-likeness (QED) is 0.291. The van der Waals surface area contributed by atoms with Gasteiger partial charge in [0.1, 0.15) is 11.6 Å². The summed E-state index contributed by atoms with van der Waals surface area (Å²) in [6, 6.07) is 15.4. The molecule has 7 nitrogen and oxygen atoms in total. The smallest absolute Gasteiger partial charge is 0.253 e. The second-order valence-corrected chi connectivity index (χ2v) is 9.72. The Bertz CT molecular complexity index is 1490. The van der Waals surface area contributed by atoms with E-state index < -0.39 is 17.7 Å². The molecule has 3 aromatic carbocycles. The number of likely N-dealkylation sites (N-methyl/N-ethyl adjacent to an activating group) is 2. The van der Waals surface area contributed by atoms with E-state index in [-0.39, 0.29) is 18.0 Å². The lowest BCUT2D eigenvalue weighted by Crippen LogP contribution is -2.32. The number of amides is 1. The van der Waals surface area contributed by atoms with Crippen LogP contribution in [0.15, 0.2) is 66.9 Å². The molecule has 1 aliphatic rings. The van der Waals surface area contributed by atoms with Crippen molar-refractivity contribution in [1.82, 2.24) is 25.5 Å². The fourth-order valence-corrected chi connectivity index (χ4v) is 4.79. The van der Waals surface area contributed by atoms with Gasteiger partial charge in [0.25, 0.3) is 5.91 Å². The number of halogens is 3. The summed E-state index contributed by atoms with van der Waals surface area (Å²) in [6.45, 7) is 1.60. The van der Waals surface area contributed by atoms with E-state index in [1.807, 2.05) is 7.05 Å². The van der Waals surface area contributed by atoms with Gasteiger partial charge < -0.3 is 20.9 Å². The van der Waals surface area contributed by atoms with Gasteiger partial charge in [0.05, 0.1) is 11.7 Å². The van der Waals surface area contributed by atoms with Crippen LogP contribution in [0.1, 0.15) is 33.1 Å². The van der Waals surface area contributed by atoms with E-state index in [1.54, 1.807) is 60.6 Å². The molecule has 0 saturated heterocycles. The van der Waals surface area contributed by atoms with Gasteiger partial charge in [-0.1, -0.05) is 23.7 Å². The Morgan fingerprint density at radius 1 is 1.13 bits per heavy atom. The molecule has 0 radical (unpaired) electrons. The number of rotatable bonds is 7. The van der Waals surface area contributed by atoms with Crippen molar-refractivity contribution in [1.29, 1.82) is 0 Å². The highest BCUT2D eigenvalue weighted by atomic mass is 35.5. The fraction of sp³-hybridized carbons (Fsp3) is 0.207. The first-order valence-corrected chi connectivity index (χ1v) is 12.8. The van der Waals surface area contributed by atoms with E-state index in [4.69, 9.17) is 16.6 Å². The maximum atomic E-state index is 14.8. The van der Waals surface area contributed by atoms with Crippen LogP contribution in [-0.4, -0.2) is 48.0 Å². The summed E-state index contributed by atoms with van der Waals surface area (Å²) in [5.41, 5.74) is 3.91. The predicted octanol–water partition coefficient (Wildman–Crippen LogP) is 5.30. The van der Waals surface area contributed by atoms with Crippen molar-refractivity contribution >= 4 is 29.1 Å². The van der Waals surface area contributed by atoms with E-state index in [2.05, 4.69) is 20.9 Å². The fourth-order valence-electron chi connectivity index (χ4n) is 4.61. The van der Waals surface area contributed by atoms with Gasteiger partial charge in [-0.25, -0.2) is 18.7 Å². The Labute approximate surface area is 230 Å². The lowest BCUT2D eigenvalue weighted by atomic mass is 9.93. The Morgan fingerprint density at radius 3 is 2.59 bits per heavy atom. The zero-order chi connectivity index (χ0) is 27.5. The molecule has 39 heavy (non-hydrogen) atoms. The number of nitrogens with one attached hydrogen (secondary N) is 3. The Kier molecular flexibility index (Phi) is 7.83. The molecule has 3 N–H and O–H groups in total. The summed E-state index contributed by atoms with van der Waals surface area (Å²) in [6.07, 6.45) is 1.69. The molecule has 1 aliphatic heterocycles. The van der Waals surface area contributed by atoms with Crippen LogP contribution in [0.3, 0.4) is 0 Å². The van der Waals surface area contributed by atoms with Crippen molar-refractivity contribution in [2.24, 2.45) is 0 Å². The summed E-state index contributed by atoms with van der Waals surface area (Å²) in [4.78, 5) is 23.5. The molecule has 1 unspecified atom stereocenters. The molecule has 200 valence electrons. The number of nitrogens with zero attached hydrogens (tertiary/aromatic N) is 3. The minimum absolute atomic E-state index is 0.0679. The highest BCUT2D eigenvalue weighted by Crippen LogP contribution is 2.39. The number of hydrogen-bond acceptors (Lipinski definition) is 6. The molecular formula is C29H27ClF2N6O. The number of hydrogen-bond donors (Lipinski definition) is 3. The zero-order valence-electron chi connectivity index (χ0n) is 21.4. The maximum absolute atomic E-state index is 14.8. The van der Waals surface area contributed by atoms with Gasteiger partial charge in [-0.2, -0.15) is 0 Å². The molecule has 2 heterocycles. The SMILES string of the molecule is CNCCN(C)C(=O)c1ccc(Nc2ncc3c(n2)-c2ccc(Cl)cc2C(c2c(F)cccc2F)NC3)cc1. The summed E-state index contributed by atoms with van der Waals surface area (Å²) in [5, 5.41) is 9.91. The van der Waals surface area contributed by atoms with Crippen LogP contribution in [0.2, 0.25) is 5.02 Å². The molecular weight excluding hydrogens is 522 g/mol. The molecule has 0 fully saturated rings. The molecule has 0 spiro atoms. The molecule has 0 saturated carbocycles. The molecule has 1 aromatic heterocycles. The molecule has 5 rings (SSSR count). The lowest BCUT2D eigenvalue weighted by Gasteiger charge is -2.20. The third-order valence-corrected chi connectivity index (χ3v) is 6.90. The molecule has 0 aliphatic carbocycles. The van der Waals surface area contributed by atoms with Gasteiger partial charge in [-0.3, -0.25) is 4.79 Å². The standard InChI is InChI=1S/C29H27ClF2N6O/c1-33-12-13-38(2)28(39)17-6-9-20(10-7-17)36-29-35-16-18-15-34-27(25-23(31)4-3-5-24(25)32)22-14-19(30)8-11-21(22)26(18)37-29/h3-11,14,16,27,33-34H,12-13,15H2,1-2H3,(H,35,36,37). The molecule has 1 atom stereocenters. The van der Waals surface area contributed by atoms with Gasteiger partial charge in [0.2, 0.25) is 5.95 Å². The van der Waals surface area contributed by atoms with Crippen LogP contribution in [0.25, 0.3) is 11.3 Å². The van der Waals surface area contributed by atoms with Gasteiger partial charge in [-0.05, 0) is 61.1 Å². The van der Waals surface area contributed by atoms with E-state index in [0.29, 0.717) is 52.1 Å². The topological polar surface area (TPSA) is 82.2 Å². The van der Waals surface area contributed by atoms with Crippen molar-refractivity contribution in [3.63, 3.8) is 0 Å². The van der Waals surface area contributed by atoms with E-state index >= 15 is 0 Å². The molecule has 4 aromatic rings. The van der Waals surface area contributed by atoms with Crippen LogP contribution in [0.5, 0.6) is 0 Å². The summed E-state index contributed by atoms with van der Waals surface area (Å²) < 4.78 is 29.6. The lowest BCUT2D eigenvalue weighted by molar-refractivity contribution is 0.0797. The second kappa shape index (κ2) is 11.4. The van der Waals surface area contributed by atoms with Crippen molar-refractivity contribution in [3.8, 4) is 11.3 Å². The largest absolute Gasteiger partial charge is 0.340 e. The predicted molar refractivity (Wildman–Crippen MR) is 148 cm³/mol. The van der Waals surface area contributed by atoms with Gasteiger partial charge in [0, 0.05) is 65.8 Å². The van der Waals surface area contributed by atoms with Crippen molar-refractivity contribution < 1.29 is 13.6 Å². The number of aromatic nitrogens is 2. The van der Waals surface area contributed by atoms with E-state index in [9.17, 15) is 13.6 Å². The zero-order valence-corrected chi connectivity index (χ0v) is 22.2. The normalized spacial score (nSPS) is 14.2. The van der Waals surface area contributed by atoms with Crippen LogP contribution in [0, 0.1) is 11.6 Å². The van der Waals surface area contributed by atoms with Crippen LogP contribution >= 0.6 is 11.6 Å². The first kappa shape index (κ1) is 26.7. The number of fused-ring (bicyclic) bond motifs is 3. The second-order valence-electron chi connectivity index (χ2n) is 9.28. The first-order chi connectivity index (χ1) is 18.9. The minimum Gasteiger partial charge on any atom is -0.340 e. The van der Waals surface area contributed by atoms with Crippen LogP contribution in [0.4, 0.5) is 20.4 Å². The van der Waals surface area contributed by atoms with Gasteiger partial charge in [-0.15, -0.1) is 0 Å². The van der Waals surface area contributed by atoms with E-state index in [0.717, 1.165) is 5.56 Å². The molecule has 1 amide bonds. The van der Waals surface area contributed by atoms with Crippen molar-refractivity contribution in [2.45, 2.75) is 12.6 Å². The summed E-state index contributed by atoms with van der Waals surface area (Å²) in [5.74, 6) is -1.02. The number of carbonyl (C=O) groups excluding carboxylic acids is 1. The Hall–Kier alpha value is -3.92. The summed E-state index contributed by atoms with van der Waals surface area (Å²) in [7, 11) is 3.61. The first-order valence-electron chi connectivity index (χ1n) is 12.5. The average Bonchev–Trinajstić information content (AvgIpc) is 3.08. The van der Waals surface area contributed by atoms with Crippen molar-refractivity contribution in [3.05, 3.63) is 106 Å². The van der Waals surface area contributed by atoms with E-state index in [1.165, 1.54) is 18.2 Å². The van der Waals surface area contributed by atoms with Gasteiger partial charge >= 0.3 is 0 Å². The number of benzene rings is 3. The van der Waals surface area contributed by atoms with Crippen LogP contribution < -0.4 is 16.0 Å². The summed E-state index contributed by atoms with van der Waals surface area (Å²) >= 11 is 6.32. The third-order valence-electron chi connectivity index (χ3n) is 6.66. The third kappa shape index (κ3) is 5.61. The van der Waals surface area contributed by atoms with Crippen LogP contribution in [-0.2, 0) is 6.54 Å². The van der Waals surface area contributed by atoms with Crippen molar-refractivity contribution in [2.75, 3.05) is 32.5 Å². The molecule has 10 heteroatoms. The maximum Gasteiger partial charge on any atom is 0.253 e. The highest BCUT2D eigenvalue weighted by molar-refractivity contribution is 6.30.